The van der Waals surface area contributed by atoms with E-state index in [4.69, 9.17) is 4.42 Å². The molecule has 1 aliphatic carbocycles. The lowest BCUT2D eigenvalue weighted by atomic mass is 10.0. The molecule has 2 fully saturated rings. The summed E-state index contributed by atoms with van der Waals surface area (Å²) in [4.78, 5) is 31.0. The Morgan fingerprint density at radius 3 is 2.42 bits per heavy atom. The summed E-state index contributed by atoms with van der Waals surface area (Å²) in [5.41, 5.74) is 3.79. The second kappa shape index (κ2) is 14.7. The summed E-state index contributed by atoms with van der Waals surface area (Å²) in [6.45, 7) is 1.93. The molecule has 2 unspecified atom stereocenters. The van der Waals surface area contributed by atoms with Gasteiger partial charge in [-0.05, 0) is 74.2 Å². The smallest absolute Gasteiger partial charge is 0.255 e. The van der Waals surface area contributed by atoms with Gasteiger partial charge in [-0.1, -0.05) is 18.0 Å². The van der Waals surface area contributed by atoms with Gasteiger partial charge in [-0.2, -0.15) is 0 Å². The van der Waals surface area contributed by atoms with E-state index in [0.717, 1.165) is 36.3 Å². The van der Waals surface area contributed by atoms with Gasteiger partial charge in [0.2, 0.25) is 5.91 Å². The van der Waals surface area contributed by atoms with Crippen LogP contribution in [0.25, 0.3) is 22.3 Å². The molecule has 9 heteroatoms. The number of carbonyl (C=O) groups is 2. The van der Waals surface area contributed by atoms with Crippen molar-refractivity contribution < 1.29 is 18.4 Å². The molecule has 1 saturated heterocycles. The molecular weight excluding hydrogens is 563 g/mol. The summed E-state index contributed by atoms with van der Waals surface area (Å²) >= 11 is 1.58. The van der Waals surface area contributed by atoms with E-state index in [1.165, 1.54) is 31.4 Å². The minimum absolute atomic E-state index is 0.211. The third-order valence-corrected chi connectivity index (χ3v) is 8.47. The number of pyridine rings is 1. The normalized spacial score (nSPS) is 17.1. The van der Waals surface area contributed by atoms with Crippen molar-refractivity contribution in [2.45, 2.75) is 31.6 Å². The van der Waals surface area contributed by atoms with Gasteiger partial charge in [-0.25, -0.2) is 4.39 Å². The van der Waals surface area contributed by atoms with Crippen molar-refractivity contribution in [3.05, 3.63) is 83.9 Å². The van der Waals surface area contributed by atoms with E-state index in [9.17, 15) is 14.0 Å². The first-order chi connectivity index (χ1) is 20.9. The van der Waals surface area contributed by atoms with Crippen molar-refractivity contribution in [2.24, 2.45) is 5.92 Å². The van der Waals surface area contributed by atoms with Crippen LogP contribution in [0.5, 0.6) is 0 Å². The predicted molar refractivity (Wildman–Crippen MR) is 172 cm³/mol. The number of terminal acetylenes is 1. The number of nitrogens with zero attached hydrogens (tertiary/aromatic N) is 3. The van der Waals surface area contributed by atoms with E-state index in [2.05, 4.69) is 28.0 Å². The van der Waals surface area contributed by atoms with Gasteiger partial charge in [0.1, 0.15) is 17.2 Å². The molecule has 2 aliphatic rings. The molecule has 2 aromatic heterocycles. The number of furan rings is 1. The van der Waals surface area contributed by atoms with E-state index in [-0.39, 0.29) is 17.6 Å². The van der Waals surface area contributed by atoms with Gasteiger partial charge in [-0.15, -0.1) is 12.8 Å². The van der Waals surface area contributed by atoms with Crippen LogP contribution >= 0.6 is 11.9 Å². The number of piperidine rings is 1. The van der Waals surface area contributed by atoms with Gasteiger partial charge in [0.25, 0.3) is 5.91 Å². The summed E-state index contributed by atoms with van der Waals surface area (Å²) in [6, 6.07) is 17.6. The van der Waals surface area contributed by atoms with E-state index < -0.39 is 0 Å². The average Bonchev–Trinajstić information content (AvgIpc) is 3.79. The topological polar surface area (TPSA) is 78.7 Å². The fourth-order valence-corrected chi connectivity index (χ4v) is 5.60. The van der Waals surface area contributed by atoms with E-state index >= 15 is 0 Å². The first-order valence-corrected chi connectivity index (χ1v) is 15.4. The van der Waals surface area contributed by atoms with Crippen LogP contribution < -0.4 is 9.62 Å². The van der Waals surface area contributed by atoms with Crippen molar-refractivity contribution in [1.29, 1.82) is 0 Å². The second-order valence-electron chi connectivity index (χ2n) is 10.3. The quantitative estimate of drug-likeness (QED) is 0.195. The van der Waals surface area contributed by atoms with E-state index in [1.54, 1.807) is 31.1 Å². The SMILES string of the molecule is C#C.CNC(=O)c1c(-c2ccc(F)cc2)oc2cc(N(C)SC)ccc12.O=C(C1CC1c1ccccn1)N1CCCCC1. The van der Waals surface area contributed by atoms with Crippen LogP contribution in [0.1, 0.15) is 47.7 Å². The molecule has 1 N–H and O–H groups in total. The molecule has 7 nitrogen and oxygen atoms in total. The number of carbonyl (C=O) groups excluding carboxylic acids is 2. The predicted octanol–water partition coefficient (Wildman–Crippen LogP) is 6.76. The Kier molecular flexibility index (Phi) is 10.8. The first kappa shape index (κ1) is 31.6. The monoisotopic (exact) mass is 600 g/mol. The molecule has 1 saturated carbocycles. The van der Waals surface area contributed by atoms with Crippen molar-refractivity contribution in [3.8, 4) is 24.2 Å². The molecule has 4 aromatic rings. The lowest BCUT2D eigenvalue weighted by Crippen LogP contribution is -2.36. The number of amides is 2. The zero-order valence-corrected chi connectivity index (χ0v) is 25.6. The van der Waals surface area contributed by atoms with Gasteiger partial charge >= 0.3 is 0 Å². The van der Waals surface area contributed by atoms with E-state index in [0.29, 0.717) is 34.3 Å². The lowest BCUT2D eigenvalue weighted by Gasteiger charge is -2.26. The number of halogens is 1. The molecule has 2 atom stereocenters. The van der Waals surface area contributed by atoms with Crippen molar-refractivity contribution in [1.82, 2.24) is 15.2 Å². The van der Waals surface area contributed by atoms with Crippen LogP contribution in [0.4, 0.5) is 10.1 Å². The molecule has 1 aliphatic heterocycles. The lowest BCUT2D eigenvalue weighted by molar-refractivity contribution is -0.133. The minimum atomic E-state index is -0.333. The second-order valence-corrected chi connectivity index (χ2v) is 11.3. The highest BCUT2D eigenvalue weighted by atomic mass is 32.2. The van der Waals surface area contributed by atoms with Gasteiger partial charge in [0.05, 0.1) is 11.3 Å². The number of hydrogen-bond donors (Lipinski definition) is 1. The number of nitrogens with one attached hydrogen (secondary N) is 1. The van der Waals surface area contributed by atoms with Crippen LogP contribution in [0, 0.1) is 24.6 Å². The molecule has 0 radical (unpaired) electrons. The maximum absolute atomic E-state index is 13.2. The zero-order chi connectivity index (χ0) is 30.9. The Labute approximate surface area is 257 Å². The van der Waals surface area contributed by atoms with Gasteiger partial charge in [0, 0.05) is 74.2 Å². The number of aromatic nitrogens is 1. The molecular formula is C34H37FN4O3S. The highest BCUT2D eigenvalue weighted by Crippen LogP contribution is 2.47. The third-order valence-electron chi connectivity index (χ3n) is 7.71. The summed E-state index contributed by atoms with van der Waals surface area (Å²) in [6.07, 6.45) is 16.4. The third kappa shape index (κ3) is 7.38. The van der Waals surface area contributed by atoms with Gasteiger partial charge in [0.15, 0.2) is 0 Å². The zero-order valence-electron chi connectivity index (χ0n) is 24.8. The fourth-order valence-electron chi connectivity index (χ4n) is 5.28. The van der Waals surface area contributed by atoms with Crippen LogP contribution in [-0.2, 0) is 4.79 Å². The Hall–Kier alpha value is -4.29. The van der Waals surface area contributed by atoms with Gasteiger partial charge in [-0.3, -0.25) is 14.6 Å². The summed E-state index contributed by atoms with van der Waals surface area (Å²) < 4.78 is 21.2. The molecule has 0 bridgehead atoms. The molecule has 0 spiro atoms. The number of rotatable bonds is 6. The molecule has 43 heavy (non-hydrogen) atoms. The molecule has 6 rings (SSSR count). The Morgan fingerprint density at radius 1 is 1.07 bits per heavy atom. The summed E-state index contributed by atoms with van der Waals surface area (Å²) in [5.74, 6) is 0.821. The maximum Gasteiger partial charge on any atom is 0.255 e. The number of benzene rings is 2. The summed E-state index contributed by atoms with van der Waals surface area (Å²) in [7, 11) is 3.53. The van der Waals surface area contributed by atoms with Crippen LogP contribution in [-0.4, -0.2) is 55.1 Å². The number of likely N-dealkylation sites (tertiary alicyclic amines) is 1. The highest BCUT2D eigenvalue weighted by molar-refractivity contribution is 7.99. The minimum Gasteiger partial charge on any atom is -0.455 e. The number of anilines is 1. The first-order valence-electron chi connectivity index (χ1n) is 14.3. The molecule has 2 aromatic carbocycles. The largest absolute Gasteiger partial charge is 0.455 e. The molecule has 3 heterocycles. The molecule has 224 valence electrons. The number of hydrogen-bond acceptors (Lipinski definition) is 6. The highest BCUT2D eigenvalue weighted by Gasteiger charge is 2.46. The maximum atomic E-state index is 13.2. The standard InChI is InChI=1S/C18H17FN2O2S.C14H18N2O.C2H2/c1-20-18(22)16-14-9-8-13(21(2)24-3)10-15(14)23-17(16)11-4-6-12(19)7-5-11;17-14(16-8-4-1-5-9-16)12-10-11(12)13-6-2-3-7-15-13;1-2/h4-10H,1-3H3,(H,20,22);2-3,6-7,11-12H,1,4-5,8-10H2;1-2H. The Morgan fingerprint density at radius 2 is 1.79 bits per heavy atom. The van der Waals surface area contributed by atoms with Crippen molar-refractivity contribution in [2.75, 3.05) is 37.7 Å². The Balaban J connectivity index is 0.000000195. The van der Waals surface area contributed by atoms with Crippen LogP contribution in [0.3, 0.4) is 0 Å². The van der Waals surface area contributed by atoms with Crippen molar-refractivity contribution in [3.63, 3.8) is 0 Å². The van der Waals surface area contributed by atoms with E-state index in [1.807, 2.05) is 60.2 Å². The number of fused-ring (bicyclic) bond motifs is 1. The summed E-state index contributed by atoms with van der Waals surface area (Å²) in [5, 5.41) is 3.37. The molecule has 2 amide bonds. The average molecular weight is 601 g/mol. The van der Waals surface area contributed by atoms with Gasteiger partial charge < -0.3 is 18.9 Å². The van der Waals surface area contributed by atoms with Crippen LogP contribution in [0.2, 0.25) is 0 Å². The van der Waals surface area contributed by atoms with Crippen molar-refractivity contribution >= 4 is 40.4 Å². The fraction of sp³-hybridized carbons (Fsp3) is 0.324. The van der Waals surface area contributed by atoms with Crippen LogP contribution in [0.15, 0.2) is 71.3 Å². The Bertz CT molecular complexity index is 1550.